The molecule has 0 saturated heterocycles. The first-order valence-electron chi connectivity index (χ1n) is 6.08. The van der Waals surface area contributed by atoms with Gasteiger partial charge in [-0.25, -0.2) is 4.79 Å². The molecular weight excluding hydrogens is 260 g/mol. The maximum absolute atomic E-state index is 12.1. The zero-order valence-corrected chi connectivity index (χ0v) is 11.5. The smallest absolute Gasteiger partial charge is 0.339 e. The number of hydrogen-bond acceptors (Lipinski definition) is 2. The normalized spacial score (nSPS) is 10.2. The topological polar surface area (TPSA) is 26.3 Å². The van der Waals surface area contributed by atoms with Crippen LogP contribution in [0.3, 0.4) is 0 Å². The van der Waals surface area contributed by atoms with E-state index in [4.69, 9.17) is 16.3 Å². The van der Waals surface area contributed by atoms with Gasteiger partial charge in [0.25, 0.3) is 0 Å². The molecule has 19 heavy (non-hydrogen) atoms. The molecule has 0 atom stereocenters. The van der Waals surface area contributed by atoms with Gasteiger partial charge in [-0.2, -0.15) is 0 Å². The van der Waals surface area contributed by atoms with E-state index in [1.807, 2.05) is 55.5 Å². The van der Waals surface area contributed by atoms with Crippen molar-refractivity contribution < 1.29 is 9.53 Å². The lowest BCUT2D eigenvalue weighted by atomic mass is 10.0. The van der Waals surface area contributed by atoms with Crippen molar-refractivity contribution in [3.63, 3.8) is 0 Å². The van der Waals surface area contributed by atoms with Crippen LogP contribution in [0.25, 0.3) is 0 Å². The van der Waals surface area contributed by atoms with Crippen LogP contribution in [-0.2, 0) is 17.2 Å². The third-order valence-electron chi connectivity index (χ3n) is 2.92. The molecule has 0 fully saturated rings. The molecule has 0 amide bonds. The highest BCUT2D eigenvalue weighted by Gasteiger charge is 2.15. The zero-order valence-electron chi connectivity index (χ0n) is 10.7. The third-order valence-corrected chi connectivity index (χ3v) is 3.21. The van der Waals surface area contributed by atoms with Gasteiger partial charge in [0.2, 0.25) is 0 Å². The van der Waals surface area contributed by atoms with Crippen molar-refractivity contribution >= 4 is 17.6 Å². The standard InChI is InChI=1S/C16H15ClO2/c1-12-6-5-9-14(10-17)15(12)16(18)19-11-13-7-3-2-4-8-13/h2-9H,10-11H2,1H3. The highest BCUT2D eigenvalue weighted by molar-refractivity contribution is 6.17. The predicted molar refractivity (Wildman–Crippen MR) is 76.3 cm³/mol. The molecule has 0 spiro atoms. The lowest BCUT2D eigenvalue weighted by Gasteiger charge is -2.10. The van der Waals surface area contributed by atoms with E-state index in [-0.39, 0.29) is 12.6 Å². The van der Waals surface area contributed by atoms with Gasteiger partial charge < -0.3 is 4.74 Å². The maximum Gasteiger partial charge on any atom is 0.339 e. The van der Waals surface area contributed by atoms with E-state index in [0.717, 1.165) is 16.7 Å². The number of rotatable bonds is 4. The fourth-order valence-electron chi connectivity index (χ4n) is 1.93. The first-order chi connectivity index (χ1) is 9.22. The summed E-state index contributed by atoms with van der Waals surface area (Å²) >= 11 is 5.86. The van der Waals surface area contributed by atoms with E-state index in [1.165, 1.54) is 0 Å². The van der Waals surface area contributed by atoms with Crippen molar-refractivity contribution in [3.8, 4) is 0 Å². The molecule has 0 aromatic heterocycles. The SMILES string of the molecule is Cc1cccc(CCl)c1C(=O)OCc1ccccc1. The Kier molecular flexibility index (Phi) is 4.58. The second-order valence-corrected chi connectivity index (χ2v) is 4.57. The monoisotopic (exact) mass is 274 g/mol. The highest BCUT2D eigenvalue weighted by atomic mass is 35.5. The van der Waals surface area contributed by atoms with E-state index in [9.17, 15) is 4.79 Å². The Morgan fingerprint density at radius 2 is 1.84 bits per heavy atom. The average Bonchev–Trinajstić information content (AvgIpc) is 2.45. The van der Waals surface area contributed by atoms with Gasteiger partial charge in [0, 0.05) is 5.88 Å². The number of carbonyl (C=O) groups excluding carboxylic acids is 1. The summed E-state index contributed by atoms with van der Waals surface area (Å²) in [6, 6.07) is 15.2. The minimum absolute atomic E-state index is 0.274. The Bertz CT molecular complexity index is 564. The molecule has 0 aliphatic rings. The number of benzene rings is 2. The maximum atomic E-state index is 12.1. The molecule has 0 unspecified atom stereocenters. The molecule has 0 bridgehead atoms. The Labute approximate surface area is 118 Å². The van der Waals surface area contributed by atoms with Crippen LogP contribution in [-0.4, -0.2) is 5.97 Å². The quantitative estimate of drug-likeness (QED) is 0.620. The van der Waals surface area contributed by atoms with E-state index >= 15 is 0 Å². The number of alkyl halides is 1. The summed E-state index contributed by atoms with van der Waals surface area (Å²) in [7, 11) is 0. The van der Waals surface area contributed by atoms with Crippen LogP contribution in [0.5, 0.6) is 0 Å². The zero-order chi connectivity index (χ0) is 13.7. The van der Waals surface area contributed by atoms with Crippen molar-refractivity contribution in [2.75, 3.05) is 0 Å². The summed E-state index contributed by atoms with van der Waals surface area (Å²) in [5.74, 6) is -0.0186. The number of ether oxygens (including phenoxy) is 1. The van der Waals surface area contributed by atoms with Gasteiger partial charge in [-0.15, -0.1) is 11.6 Å². The van der Waals surface area contributed by atoms with Gasteiger partial charge >= 0.3 is 5.97 Å². The third kappa shape index (κ3) is 3.36. The second kappa shape index (κ2) is 6.39. The summed E-state index contributed by atoms with van der Waals surface area (Å²) < 4.78 is 5.34. The Hall–Kier alpha value is -1.80. The number of esters is 1. The lowest BCUT2D eigenvalue weighted by molar-refractivity contribution is 0.0471. The predicted octanol–water partition coefficient (Wildman–Crippen LogP) is 4.09. The van der Waals surface area contributed by atoms with Crippen LogP contribution in [0.4, 0.5) is 0 Å². The van der Waals surface area contributed by atoms with Crippen LogP contribution in [0, 0.1) is 6.92 Å². The molecule has 2 aromatic carbocycles. The molecule has 0 aliphatic heterocycles. The summed E-state index contributed by atoms with van der Waals surface area (Å²) in [6.45, 7) is 2.16. The molecule has 2 rings (SSSR count). The van der Waals surface area contributed by atoms with Gasteiger partial charge in [-0.1, -0.05) is 48.5 Å². The van der Waals surface area contributed by atoms with Gasteiger partial charge in [0.05, 0.1) is 5.56 Å². The van der Waals surface area contributed by atoms with Crippen LogP contribution in [0.15, 0.2) is 48.5 Å². The van der Waals surface area contributed by atoms with Crippen LogP contribution in [0.2, 0.25) is 0 Å². The molecular formula is C16H15ClO2. The summed E-state index contributed by atoms with van der Waals surface area (Å²) in [5, 5.41) is 0. The molecule has 0 radical (unpaired) electrons. The Morgan fingerprint density at radius 3 is 2.53 bits per heavy atom. The number of aryl methyl sites for hydroxylation is 1. The van der Waals surface area contributed by atoms with Crippen LogP contribution >= 0.6 is 11.6 Å². The van der Waals surface area contributed by atoms with Crippen molar-refractivity contribution in [3.05, 3.63) is 70.8 Å². The van der Waals surface area contributed by atoms with Gasteiger partial charge in [0.1, 0.15) is 6.61 Å². The fourth-order valence-corrected chi connectivity index (χ4v) is 2.15. The number of carbonyl (C=O) groups is 1. The van der Waals surface area contributed by atoms with Crippen molar-refractivity contribution in [2.24, 2.45) is 0 Å². The van der Waals surface area contributed by atoms with Gasteiger partial charge in [0.15, 0.2) is 0 Å². The Balaban J connectivity index is 2.12. The molecule has 98 valence electrons. The van der Waals surface area contributed by atoms with Gasteiger partial charge in [-0.3, -0.25) is 0 Å². The summed E-state index contributed by atoms with van der Waals surface area (Å²) in [4.78, 5) is 12.1. The van der Waals surface area contributed by atoms with Crippen LogP contribution < -0.4 is 0 Å². The minimum atomic E-state index is -0.322. The highest BCUT2D eigenvalue weighted by Crippen LogP contribution is 2.18. The first-order valence-corrected chi connectivity index (χ1v) is 6.61. The summed E-state index contributed by atoms with van der Waals surface area (Å²) in [5.41, 5.74) is 3.24. The molecule has 0 aliphatic carbocycles. The van der Waals surface area contributed by atoms with E-state index in [1.54, 1.807) is 0 Å². The number of hydrogen-bond donors (Lipinski definition) is 0. The molecule has 0 heterocycles. The van der Waals surface area contributed by atoms with Crippen molar-refractivity contribution in [2.45, 2.75) is 19.4 Å². The second-order valence-electron chi connectivity index (χ2n) is 4.30. The molecule has 0 N–H and O–H groups in total. The first kappa shape index (κ1) is 13.6. The summed E-state index contributed by atoms with van der Waals surface area (Å²) in [6.07, 6.45) is 0. The molecule has 2 nitrogen and oxygen atoms in total. The molecule has 0 saturated carbocycles. The number of halogens is 1. The Morgan fingerprint density at radius 1 is 1.11 bits per heavy atom. The van der Waals surface area contributed by atoms with Gasteiger partial charge in [-0.05, 0) is 23.6 Å². The van der Waals surface area contributed by atoms with E-state index in [0.29, 0.717) is 11.4 Å². The van der Waals surface area contributed by atoms with Crippen molar-refractivity contribution in [1.29, 1.82) is 0 Å². The molecule has 2 aromatic rings. The largest absolute Gasteiger partial charge is 0.457 e. The fraction of sp³-hybridized carbons (Fsp3) is 0.188. The average molecular weight is 275 g/mol. The van der Waals surface area contributed by atoms with Crippen LogP contribution in [0.1, 0.15) is 27.0 Å². The van der Waals surface area contributed by atoms with Crippen molar-refractivity contribution in [1.82, 2.24) is 0 Å². The molecule has 3 heteroatoms. The lowest BCUT2D eigenvalue weighted by Crippen LogP contribution is -2.10. The van der Waals surface area contributed by atoms with E-state index < -0.39 is 0 Å². The minimum Gasteiger partial charge on any atom is -0.457 e. The van der Waals surface area contributed by atoms with E-state index in [2.05, 4.69) is 0 Å².